The van der Waals surface area contributed by atoms with E-state index in [1.807, 2.05) is 31.9 Å². The van der Waals surface area contributed by atoms with E-state index in [4.69, 9.17) is 14.5 Å². The van der Waals surface area contributed by atoms with Gasteiger partial charge < -0.3 is 19.0 Å². The van der Waals surface area contributed by atoms with E-state index in [0.29, 0.717) is 5.92 Å². The maximum absolute atomic E-state index is 13.3. The van der Waals surface area contributed by atoms with Crippen LogP contribution in [0.2, 0.25) is 0 Å². The second kappa shape index (κ2) is 8.88. The molecule has 2 aromatic carbocycles. The van der Waals surface area contributed by atoms with E-state index in [1.165, 1.54) is 5.39 Å². The Bertz CT molecular complexity index is 1590. The van der Waals surface area contributed by atoms with Crippen molar-refractivity contribution >= 4 is 32.9 Å². The molecule has 8 rings (SSSR count). The van der Waals surface area contributed by atoms with Crippen LogP contribution >= 0.6 is 15.9 Å². The van der Waals surface area contributed by atoms with Crippen LogP contribution in [0.15, 0.2) is 53.1 Å². The normalized spacial score (nSPS) is 23.9. The van der Waals surface area contributed by atoms with Crippen molar-refractivity contribution in [2.75, 3.05) is 0 Å². The number of nitrogens with zero attached hydrogens (tertiary/aromatic N) is 3. The lowest BCUT2D eigenvalue weighted by Crippen LogP contribution is -2.54. The summed E-state index contributed by atoms with van der Waals surface area (Å²) in [5.74, 6) is 2.08. The molecular formula is C31H33BrN4O3. The number of carbonyl (C=O) groups excluding carboxylic acids is 1. The SMILES string of the molecule is CC1Oc2cc(-c3cnc([C@@H]4C5CCC(CC5)N4C(=O)OC(C)(C)C)[nH]3)ccc2-c2cc3cc(Br)ccc3n21. The molecule has 2 atom stereocenters. The minimum absolute atomic E-state index is 0.0926. The maximum Gasteiger partial charge on any atom is 0.411 e. The van der Waals surface area contributed by atoms with Crippen LogP contribution in [-0.2, 0) is 4.74 Å². The van der Waals surface area contributed by atoms with Gasteiger partial charge in [-0.1, -0.05) is 22.0 Å². The number of ether oxygens (including phenoxy) is 2. The topological polar surface area (TPSA) is 72.4 Å². The Morgan fingerprint density at radius 1 is 1.10 bits per heavy atom. The number of hydrogen-bond donors (Lipinski definition) is 1. The summed E-state index contributed by atoms with van der Waals surface area (Å²) in [6, 6.07) is 15.0. The third kappa shape index (κ3) is 4.15. The van der Waals surface area contributed by atoms with Gasteiger partial charge in [-0.05, 0) is 95.7 Å². The smallest absolute Gasteiger partial charge is 0.411 e. The van der Waals surface area contributed by atoms with E-state index in [0.717, 1.165) is 69.8 Å². The number of hydrogen-bond acceptors (Lipinski definition) is 4. The summed E-state index contributed by atoms with van der Waals surface area (Å²) >= 11 is 3.59. The Morgan fingerprint density at radius 2 is 1.90 bits per heavy atom. The highest BCUT2D eigenvalue weighted by molar-refractivity contribution is 9.10. The van der Waals surface area contributed by atoms with Gasteiger partial charge in [-0.2, -0.15) is 0 Å². The van der Waals surface area contributed by atoms with Gasteiger partial charge in [0.05, 0.1) is 29.1 Å². The molecule has 1 saturated carbocycles. The van der Waals surface area contributed by atoms with E-state index in [2.05, 4.69) is 74.9 Å². The summed E-state index contributed by atoms with van der Waals surface area (Å²) in [5.41, 5.74) is 4.78. The molecule has 2 aromatic heterocycles. The van der Waals surface area contributed by atoms with Crippen molar-refractivity contribution in [1.29, 1.82) is 0 Å². The number of carbonyl (C=O) groups is 1. The van der Waals surface area contributed by atoms with Crippen LogP contribution in [0.5, 0.6) is 5.75 Å². The standard InChI is InChI=1S/C31H33BrN4O3/c1-17-35-25-12-8-21(32)13-20(25)14-26(35)23-11-7-19(15-27(23)38-17)24-16-33-29(34-24)28-18-5-9-22(10-6-18)36(28)30(37)39-31(2,3)4/h7-8,11-18,22,28H,5-6,9-10H2,1-4H3,(H,33,34)/t17?,18?,22?,28-/m0/s1. The summed E-state index contributed by atoms with van der Waals surface area (Å²) < 4.78 is 15.6. The lowest BCUT2D eigenvalue weighted by molar-refractivity contribution is -0.0439. The molecular weight excluding hydrogens is 556 g/mol. The minimum atomic E-state index is -0.533. The van der Waals surface area contributed by atoms with Crippen molar-refractivity contribution < 1.29 is 14.3 Å². The van der Waals surface area contributed by atoms with E-state index in [1.54, 1.807) is 0 Å². The van der Waals surface area contributed by atoms with Gasteiger partial charge in [-0.3, -0.25) is 4.90 Å². The molecule has 2 saturated heterocycles. The number of rotatable bonds is 2. The highest BCUT2D eigenvalue weighted by atomic mass is 79.9. The number of piperidine rings is 2. The fourth-order valence-electron chi connectivity index (χ4n) is 6.76. The number of nitrogens with one attached hydrogen (secondary N) is 1. The van der Waals surface area contributed by atoms with Crippen LogP contribution in [-0.4, -0.2) is 37.2 Å². The number of halogens is 1. The average Bonchev–Trinajstić information content (AvgIpc) is 3.53. The van der Waals surface area contributed by atoms with Gasteiger partial charge >= 0.3 is 6.09 Å². The van der Waals surface area contributed by atoms with Crippen LogP contribution in [0.3, 0.4) is 0 Å². The summed E-state index contributed by atoms with van der Waals surface area (Å²) in [7, 11) is 0. The zero-order chi connectivity index (χ0) is 27.1. The fraction of sp³-hybridized carbons (Fsp3) is 0.419. The molecule has 1 unspecified atom stereocenters. The van der Waals surface area contributed by atoms with Crippen LogP contribution in [0, 0.1) is 5.92 Å². The quantitative estimate of drug-likeness (QED) is 0.256. The highest BCUT2D eigenvalue weighted by Gasteiger charge is 2.47. The van der Waals surface area contributed by atoms with Gasteiger partial charge in [0.25, 0.3) is 0 Å². The first-order valence-electron chi connectivity index (χ1n) is 13.8. The summed E-state index contributed by atoms with van der Waals surface area (Å²) in [6.45, 7) is 7.85. The van der Waals surface area contributed by atoms with Gasteiger partial charge in [0.15, 0.2) is 6.23 Å². The predicted octanol–water partition coefficient (Wildman–Crippen LogP) is 8.22. The number of amides is 1. The fourth-order valence-corrected chi connectivity index (χ4v) is 7.14. The zero-order valence-electron chi connectivity index (χ0n) is 22.7. The molecule has 3 fully saturated rings. The lowest BCUT2D eigenvalue weighted by Gasteiger charge is -2.50. The maximum atomic E-state index is 13.3. The number of aromatic nitrogens is 3. The first kappa shape index (κ1) is 24.8. The molecule has 1 N–H and O–H groups in total. The Morgan fingerprint density at radius 3 is 2.67 bits per heavy atom. The molecule has 202 valence electrons. The molecule has 39 heavy (non-hydrogen) atoms. The van der Waals surface area contributed by atoms with E-state index in [-0.39, 0.29) is 24.4 Å². The van der Waals surface area contributed by atoms with Crippen LogP contribution in [0.25, 0.3) is 33.4 Å². The Balaban J connectivity index is 1.22. The molecule has 7 nitrogen and oxygen atoms in total. The highest BCUT2D eigenvalue weighted by Crippen LogP contribution is 2.48. The van der Waals surface area contributed by atoms with Crippen molar-refractivity contribution in [1.82, 2.24) is 19.4 Å². The predicted molar refractivity (Wildman–Crippen MR) is 155 cm³/mol. The Hall–Kier alpha value is -3.26. The second-order valence-corrected chi connectivity index (χ2v) is 13.0. The van der Waals surface area contributed by atoms with Crippen molar-refractivity contribution in [3.63, 3.8) is 0 Å². The summed E-state index contributed by atoms with van der Waals surface area (Å²) in [5, 5.41) is 1.18. The third-order valence-electron chi connectivity index (χ3n) is 8.39. The Labute approximate surface area is 236 Å². The van der Waals surface area contributed by atoms with Gasteiger partial charge in [-0.15, -0.1) is 0 Å². The van der Waals surface area contributed by atoms with Gasteiger partial charge in [0, 0.05) is 27.0 Å². The number of H-pyrrole nitrogens is 1. The van der Waals surface area contributed by atoms with E-state index in [9.17, 15) is 4.79 Å². The number of imidazole rings is 1. The van der Waals surface area contributed by atoms with Gasteiger partial charge in [0.1, 0.15) is 17.2 Å². The minimum Gasteiger partial charge on any atom is -0.470 e. The van der Waals surface area contributed by atoms with Gasteiger partial charge in [-0.25, -0.2) is 9.78 Å². The van der Waals surface area contributed by atoms with Crippen LogP contribution in [0.1, 0.15) is 71.5 Å². The monoisotopic (exact) mass is 588 g/mol. The third-order valence-corrected chi connectivity index (χ3v) is 8.88. The molecule has 0 spiro atoms. The van der Waals surface area contributed by atoms with Gasteiger partial charge in [0.2, 0.25) is 0 Å². The molecule has 1 aliphatic carbocycles. The molecule has 2 bridgehead atoms. The summed E-state index contributed by atoms with van der Waals surface area (Å²) in [4.78, 5) is 23.6. The van der Waals surface area contributed by atoms with Crippen molar-refractivity contribution in [3.05, 3.63) is 59.0 Å². The first-order valence-corrected chi connectivity index (χ1v) is 14.6. The number of fused-ring (bicyclic) bond motifs is 8. The lowest BCUT2D eigenvalue weighted by atomic mass is 9.74. The van der Waals surface area contributed by atoms with Crippen LogP contribution in [0.4, 0.5) is 4.79 Å². The van der Waals surface area contributed by atoms with Crippen molar-refractivity contribution in [2.45, 2.75) is 77.3 Å². The zero-order valence-corrected chi connectivity index (χ0v) is 24.3. The summed E-state index contributed by atoms with van der Waals surface area (Å²) in [6.07, 6.45) is 5.80. The molecule has 4 aromatic rings. The molecule has 1 amide bonds. The van der Waals surface area contributed by atoms with Crippen molar-refractivity contribution in [2.24, 2.45) is 5.92 Å². The molecule has 8 heteroatoms. The molecule has 4 aliphatic rings. The first-order chi connectivity index (χ1) is 18.7. The van der Waals surface area contributed by atoms with Crippen LogP contribution < -0.4 is 4.74 Å². The van der Waals surface area contributed by atoms with E-state index >= 15 is 0 Å². The van der Waals surface area contributed by atoms with Crippen molar-refractivity contribution in [3.8, 4) is 28.3 Å². The molecule has 0 radical (unpaired) electrons. The second-order valence-electron chi connectivity index (χ2n) is 12.1. The average molecular weight is 590 g/mol. The molecule has 5 heterocycles. The largest absolute Gasteiger partial charge is 0.470 e. The molecule has 3 aliphatic heterocycles. The van der Waals surface area contributed by atoms with E-state index < -0.39 is 5.60 Å². The number of aromatic amines is 1. The number of benzene rings is 2. The Kier molecular flexibility index (Phi) is 5.64.